The van der Waals surface area contributed by atoms with Gasteiger partial charge in [-0.15, -0.1) is 6.58 Å². The maximum absolute atomic E-state index is 10.5. The molecule has 0 saturated heterocycles. The van der Waals surface area contributed by atoms with Crippen LogP contribution in [0, 0.1) is 0 Å². The average molecular weight is 152 g/mol. The normalized spacial score (nSPS) is 12.4. The Morgan fingerprint density at radius 1 is 1.91 bits per heavy atom. The standard InChI is InChI=1S/C7H8N2O2/c1-2-5(7(10)11)6-3-8-4-9-6/h2-5H,1H2,(H,8,9)(H,10,11). The molecule has 4 nitrogen and oxygen atoms in total. The lowest BCUT2D eigenvalue weighted by Crippen LogP contribution is -2.08. The summed E-state index contributed by atoms with van der Waals surface area (Å²) in [6.07, 6.45) is 4.27. The molecular weight excluding hydrogens is 144 g/mol. The highest BCUT2D eigenvalue weighted by Crippen LogP contribution is 2.12. The van der Waals surface area contributed by atoms with E-state index in [-0.39, 0.29) is 0 Å². The highest BCUT2D eigenvalue weighted by molar-refractivity contribution is 5.77. The van der Waals surface area contributed by atoms with Crippen LogP contribution in [-0.4, -0.2) is 21.0 Å². The summed E-state index contributed by atoms with van der Waals surface area (Å²) in [4.78, 5) is 16.9. The summed E-state index contributed by atoms with van der Waals surface area (Å²) < 4.78 is 0. The summed E-state index contributed by atoms with van der Waals surface area (Å²) in [6, 6.07) is 0. The van der Waals surface area contributed by atoms with Crippen molar-refractivity contribution >= 4 is 5.97 Å². The van der Waals surface area contributed by atoms with E-state index in [1.807, 2.05) is 0 Å². The van der Waals surface area contributed by atoms with Crippen LogP contribution in [0.1, 0.15) is 11.6 Å². The third-order valence-electron chi connectivity index (χ3n) is 1.36. The lowest BCUT2D eigenvalue weighted by atomic mass is 10.1. The smallest absolute Gasteiger partial charge is 0.316 e. The predicted molar refractivity (Wildman–Crippen MR) is 39.2 cm³/mol. The van der Waals surface area contributed by atoms with Crippen LogP contribution in [0.3, 0.4) is 0 Å². The number of carboxylic acid groups (broad SMARTS) is 1. The van der Waals surface area contributed by atoms with E-state index in [1.165, 1.54) is 18.6 Å². The van der Waals surface area contributed by atoms with E-state index in [1.54, 1.807) is 0 Å². The third-order valence-corrected chi connectivity index (χ3v) is 1.36. The van der Waals surface area contributed by atoms with Crippen molar-refractivity contribution in [1.82, 2.24) is 9.97 Å². The quantitative estimate of drug-likeness (QED) is 0.628. The van der Waals surface area contributed by atoms with Crippen LogP contribution >= 0.6 is 0 Å². The minimum Gasteiger partial charge on any atom is -0.481 e. The van der Waals surface area contributed by atoms with Gasteiger partial charge in [-0.3, -0.25) is 4.79 Å². The highest BCUT2D eigenvalue weighted by Gasteiger charge is 2.16. The van der Waals surface area contributed by atoms with E-state index in [0.717, 1.165) is 0 Å². The maximum atomic E-state index is 10.5. The first kappa shape index (κ1) is 7.53. The van der Waals surface area contributed by atoms with E-state index < -0.39 is 11.9 Å². The van der Waals surface area contributed by atoms with Gasteiger partial charge in [-0.1, -0.05) is 6.08 Å². The van der Waals surface area contributed by atoms with Crippen LogP contribution in [0.25, 0.3) is 0 Å². The van der Waals surface area contributed by atoms with Crippen molar-refractivity contribution in [2.45, 2.75) is 5.92 Å². The number of H-pyrrole nitrogens is 1. The molecular formula is C7H8N2O2. The van der Waals surface area contributed by atoms with Gasteiger partial charge in [0.05, 0.1) is 12.0 Å². The van der Waals surface area contributed by atoms with Crippen molar-refractivity contribution in [2.75, 3.05) is 0 Å². The molecule has 1 heterocycles. The van der Waals surface area contributed by atoms with E-state index in [9.17, 15) is 4.79 Å². The summed E-state index contributed by atoms with van der Waals surface area (Å²) >= 11 is 0. The van der Waals surface area contributed by atoms with Crippen molar-refractivity contribution in [3.63, 3.8) is 0 Å². The van der Waals surface area contributed by atoms with Gasteiger partial charge in [0.25, 0.3) is 0 Å². The van der Waals surface area contributed by atoms with Gasteiger partial charge in [0, 0.05) is 6.20 Å². The molecule has 1 atom stereocenters. The van der Waals surface area contributed by atoms with Gasteiger partial charge < -0.3 is 10.1 Å². The second-order valence-electron chi connectivity index (χ2n) is 2.06. The minimum atomic E-state index is -0.927. The number of hydrogen-bond acceptors (Lipinski definition) is 2. The van der Waals surface area contributed by atoms with E-state index >= 15 is 0 Å². The molecule has 0 bridgehead atoms. The molecule has 0 saturated carbocycles. The lowest BCUT2D eigenvalue weighted by molar-refractivity contribution is -0.137. The molecule has 0 aliphatic rings. The van der Waals surface area contributed by atoms with Crippen molar-refractivity contribution in [3.05, 3.63) is 30.9 Å². The van der Waals surface area contributed by atoms with Gasteiger partial charge in [0.15, 0.2) is 0 Å². The lowest BCUT2D eigenvalue weighted by Gasteiger charge is -2.01. The van der Waals surface area contributed by atoms with Crippen molar-refractivity contribution < 1.29 is 9.90 Å². The topological polar surface area (TPSA) is 66.0 Å². The molecule has 1 aromatic heterocycles. The van der Waals surface area contributed by atoms with Gasteiger partial charge >= 0.3 is 5.97 Å². The molecule has 0 amide bonds. The first-order valence-corrected chi connectivity index (χ1v) is 3.09. The Bertz CT molecular complexity index is 253. The fourth-order valence-corrected chi connectivity index (χ4v) is 0.798. The number of aliphatic carboxylic acids is 1. The van der Waals surface area contributed by atoms with Gasteiger partial charge in [-0.25, -0.2) is 4.98 Å². The number of carboxylic acids is 1. The number of imidazole rings is 1. The third kappa shape index (κ3) is 1.46. The molecule has 1 aromatic rings. The second-order valence-corrected chi connectivity index (χ2v) is 2.06. The molecule has 1 rings (SSSR count). The minimum absolute atomic E-state index is 0.549. The Morgan fingerprint density at radius 3 is 3.00 bits per heavy atom. The van der Waals surface area contributed by atoms with Crippen LogP contribution < -0.4 is 0 Å². The average Bonchev–Trinajstić information content (AvgIpc) is 2.40. The maximum Gasteiger partial charge on any atom is 0.316 e. The molecule has 0 spiro atoms. The first-order valence-electron chi connectivity index (χ1n) is 3.09. The zero-order valence-corrected chi connectivity index (χ0v) is 5.82. The number of nitrogens with zero attached hydrogens (tertiary/aromatic N) is 1. The Kier molecular flexibility index (Phi) is 2.06. The fourth-order valence-electron chi connectivity index (χ4n) is 0.798. The molecule has 11 heavy (non-hydrogen) atoms. The first-order chi connectivity index (χ1) is 5.25. The summed E-state index contributed by atoms with van der Waals surface area (Å²) in [5, 5.41) is 8.63. The summed E-state index contributed by atoms with van der Waals surface area (Å²) in [6.45, 7) is 3.41. The number of carbonyl (C=O) groups is 1. The van der Waals surface area contributed by atoms with Crippen LogP contribution in [0.5, 0.6) is 0 Å². The van der Waals surface area contributed by atoms with Crippen molar-refractivity contribution in [2.24, 2.45) is 0 Å². The number of nitrogens with one attached hydrogen (secondary N) is 1. The molecule has 58 valence electrons. The predicted octanol–water partition coefficient (Wildman–Crippen LogP) is 0.764. The molecule has 2 N–H and O–H groups in total. The van der Waals surface area contributed by atoms with Crippen LogP contribution in [0.4, 0.5) is 0 Å². The zero-order valence-electron chi connectivity index (χ0n) is 5.82. The van der Waals surface area contributed by atoms with Crippen LogP contribution in [-0.2, 0) is 4.79 Å². The summed E-state index contributed by atoms with van der Waals surface area (Å²) in [5.74, 6) is -1.61. The number of rotatable bonds is 3. The molecule has 4 heteroatoms. The molecule has 1 unspecified atom stereocenters. The zero-order chi connectivity index (χ0) is 8.27. The SMILES string of the molecule is C=CC(C(=O)O)c1cnc[nH]1. The Morgan fingerprint density at radius 2 is 2.64 bits per heavy atom. The van der Waals surface area contributed by atoms with Crippen molar-refractivity contribution in [3.8, 4) is 0 Å². The Labute approximate surface area is 63.6 Å². The monoisotopic (exact) mass is 152 g/mol. The van der Waals surface area contributed by atoms with Gasteiger partial charge in [-0.2, -0.15) is 0 Å². The molecule has 0 aliphatic heterocycles. The van der Waals surface area contributed by atoms with E-state index in [2.05, 4.69) is 16.5 Å². The molecule has 0 radical (unpaired) electrons. The second kappa shape index (κ2) is 3.01. The van der Waals surface area contributed by atoms with Crippen LogP contribution in [0.15, 0.2) is 25.2 Å². The Balaban J connectivity index is 2.88. The summed E-state index contributed by atoms with van der Waals surface area (Å²) in [7, 11) is 0. The van der Waals surface area contributed by atoms with Crippen molar-refractivity contribution in [1.29, 1.82) is 0 Å². The fraction of sp³-hybridized carbons (Fsp3) is 0.143. The van der Waals surface area contributed by atoms with Gasteiger partial charge in [0.2, 0.25) is 0 Å². The van der Waals surface area contributed by atoms with E-state index in [0.29, 0.717) is 5.69 Å². The van der Waals surface area contributed by atoms with E-state index in [4.69, 9.17) is 5.11 Å². The molecule has 0 fully saturated rings. The highest BCUT2D eigenvalue weighted by atomic mass is 16.4. The van der Waals surface area contributed by atoms with Crippen LogP contribution in [0.2, 0.25) is 0 Å². The number of aromatic amines is 1. The Hall–Kier alpha value is -1.58. The van der Waals surface area contributed by atoms with Gasteiger partial charge in [-0.05, 0) is 0 Å². The summed E-state index contributed by atoms with van der Waals surface area (Å²) in [5.41, 5.74) is 0.549. The number of hydrogen-bond donors (Lipinski definition) is 2. The molecule has 0 aromatic carbocycles. The van der Waals surface area contributed by atoms with Gasteiger partial charge in [0.1, 0.15) is 5.92 Å². The largest absolute Gasteiger partial charge is 0.481 e. The number of aromatic nitrogens is 2. The molecule has 0 aliphatic carbocycles.